The molecule has 0 spiro atoms. The first-order valence-electron chi connectivity index (χ1n) is 11.4. The first-order valence-corrected chi connectivity index (χ1v) is 12.6. The number of amides is 2. The molecule has 0 saturated heterocycles. The van der Waals surface area contributed by atoms with E-state index in [2.05, 4.69) is 32.4 Å². The van der Waals surface area contributed by atoms with Gasteiger partial charge in [-0.05, 0) is 49.1 Å². The van der Waals surface area contributed by atoms with E-state index < -0.39 is 0 Å². The highest BCUT2D eigenvalue weighted by Gasteiger charge is 2.30. The number of aliphatic hydroxyl groups is 1. The fraction of sp³-hybridized carbons (Fsp3) is 0.192. The van der Waals surface area contributed by atoms with Gasteiger partial charge in [-0.25, -0.2) is 14.6 Å². The van der Waals surface area contributed by atoms with Gasteiger partial charge in [-0.1, -0.05) is 28.9 Å². The molecule has 0 atom stereocenters. The minimum Gasteiger partial charge on any atom is -0.384 e. The zero-order chi connectivity index (χ0) is 26.1. The Balaban J connectivity index is 1.69. The molecule has 1 aliphatic rings. The smallest absolute Gasteiger partial charge is 0.251 e. The third kappa shape index (κ3) is 4.72. The van der Waals surface area contributed by atoms with Gasteiger partial charge in [-0.3, -0.25) is 9.59 Å². The molecular formula is C26H21ClN6O3S. The molecule has 3 heterocycles. The first-order chi connectivity index (χ1) is 17.9. The number of hydrogen-bond donors (Lipinski definition) is 3. The van der Waals surface area contributed by atoms with Crippen LogP contribution < -0.4 is 10.6 Å². The van der Waals surface area contributed by atoms with Crippen LogP contribution in [-0.4, -0.2) is 50.3 Å². The van der Waals surface area contributed by atoms with Crippen LogP contribution in [0.5, 0.6) is 0 Å². The average Bonchev–Trinajstić information content (AvgIpc) is 3.47. The zero-order valence-electron chi connectivity index (χ0n) is 19.9. The lowest BCUT2D eigenvalue weighted by atomic mass is 9.95. The Labute approximate surface area is 221 Å². The van der Waals surface area contributed by atoms with Gasteiger partial charge in [-0.15, -0.1) is 0 Å². The van der Waals surface area contributed by atoms with Crippen molar-refractivity contribution in [2.24, 2.45) is 0 Å². The Morgan fingerprint density at radius 3 is 2.76 bits per heavy atom. The molecule has 186 valence electrons. The van der Waals surface area contributed by atoms with Crippen LogP contribution >= 0.6 is 22.9 Å². The summed E-state index contributed by atoms with van der Waals surface area (Å²) in [5.74, 6) is 4.96. The molecule has 0 saturated carbocycles. The minimum atomic E-state index is -0.239. The average molecular weight is 533 g/mol. The Hall–Kier alpha value is -4.04. The Kier molecular flexibility index (Phi) is 6.76. The molecule has 0 radical (unpaired) electrons. The third-order valence-corrected chi connectivity index (χ3v) is 7.11. The lowest BCUT2D eigenvalue weighted by molar-refractivity contribution is -0.114. The molecule has 37 heavy (non-hydrogen) atoms. The number of nitrogens with zero attached hydrogens (tertiary/aromatic N) is 4. The predicted molar refractivity (Wildman–Crippen MR) is 142 cm³/mol. The summed E-state index contributed by atoms with van der Waals surface area (Å²) in [5.41, 5.74) is 5.86. The first kappa shape index (κ1) is 24.6. The van der Waals surface area contributed by atoms with Crippen molar-refractivity contribution in [1.29, 1.82) is 0 Å². The largest absolute Gasteiger partial charge is 0.384 e. The highest BCUT2D eigenvalue weighted by Crippen LogP contribution is 2.44. The number of nitrogens with one attached hydrogen (secondary N) is 2. The molecule has 5 rings (SSSR count). The number of halogens is 1. The fourth-order valence-electron chi connectivity index (χ4n) is 4.18. The molecule has 2 amide bonds. The quantitative estimate of drug-likeness (QED) is 0.346. The topological polar surface area (TPSA) is 122 Å². The van der Waals surface area contributed by atoms with E-state index in [-0.39, 0.29) is 18.4 Å². The van der Waals surface area contributed by atoms with Crippen LogP contribution in [0.4, 0.5) is 5.13 Å². The Bertz CT molecular complexity index is 1600. The normalized spacial score (nSPS) is 11.7. The number of aryl methyl sites for hydroxylation is 1. The van der Waals surface area contributed by atoms with E-state index in [1.807, 2.05) is 6.07 Å². The second kappa shape index (κ2) is 10.1. The van der Waals surface area contributed by atoms with Gasteiger partial charge < -0.3 is 15.7 Å². The summed E-state index contributed by atoms with van der Waals surface area (Å²) < 4.78 is 1.77. The Morgan fingerprint density at radius 1 is 1.24 bits per heavy atom. The van der Waals surface area contributed by atoms with E-state index in [0.29, 0.717) is 39.9 Å². The number of hydrogen-bond acceptors (Lipinski definition) is 7. The summed E-state index contributed by atoms with van der Waals surface area (Å²) in [5, 5.41) is 20.2. The lowest BCUT2D eigenvalue weighted by Gasteiger charge is -2.15. The van der Waals surface area contributed by atoms with Crippen LogP contribution in [0.25, 0.3) is 27.5 Å². The van der Waals surface area contributed by atoms with Crippen molar-refractivity contribution in [1.82, 2.24) is 25.1 Å². The van der Waals surface area contributed by atoms with Gasteiger partial charge >= 0.3 is 0 Å². The number of pyridine rings is 1. The van der Waals surface area contributed by atoms with Gasteiger partial charge in [0.1, 0.15) is 12.3 Å². The summed E-state index contributed by atoms with van der Waals surface area (Å²) in [6.07, 6.45) is 3.07. The molecule has 0 fully saturated rings. The summed E-state index contributed by atoms with van der Waals surface area (Å²) in [4.78, 5) is 33.7. The van der Waals surface area contributed by atoms with Crippen molar-refractivity contribution in [3.8, 4) is 39.4 Å². The van der Waals surface area contributed by atoms with Crippen LogP contribution in [0.3, 0.4) is 0 Å². The van der Waals surface area contributed by atoms with Crippen LogP contribution in [0.1, 0.15) is 34.2 Å². The van der Waals surface area contributed by atoms with Gasteiger partial charge in [0, 0.05) is 36.9 Å². The Morgan fingerprint density at radius 2 is 2.08 bits per heavy atom. The third-order valence-electron chi connectivity index (χ3n) is 5.79. The number of aliphatic hydroxyl groups excluding tert-OH is 1. The maximum Gasteiger partial charge on any atom is 0.251 e. The van der Waals surface area contributed by atoms with Gasteiger partial charge in [0.25, 0.3) is 5.91 Å². The van der Waals surface area contributed by atoms with Gasteiger partial charge in [0.05, 0.1) is 32.7 Å². The zero-order valence-corrected chi connectivity index (χ0v) is 21.5. The van der Waals surface area contributed by atoms with E-state index in [9.17, 15) is 9.59 Å². The number of fused-ring (bicyclic) bond motifs is 3. The minimum absolute atomic E-state index is 0.191. The van der Waals surface area contributed by atoms with Crippen molar-refractivity contribution in [2.45, 2.75) is 19.8 Å². The summed E-state index contributed by atoms with van der Waals surface area (Å²) >= 11 is 8.06. The van der Waals surface area contributed by atoms with Crippen molar-refractivity contribution in [3.63, 3.8) is 0 Å². The number of benzene rings is 1. The van der Waals surface area contributed by atoms with Crippen molar-refractivity contribution in [2.75, 3.05) is 19.0 Å². The monoisotopic (exact) mass is 532 g/mol. The van der Waals surface area contributed by atoms with Crippen molar-refractivity contribution < 1.29 is 14.7 Å². The molecule has 0 bridgehead atoms. The number of carbonyl (C=O) groups is 2. The number of thiazole rings is 1. The molecule has 0 unspecified atom stereocenters. The highest BCUT2D eigenvalue weighted by atomic mass is 35.5. The summed E-state index contributed by atoms with van der Waals surface area (Å²) in [6, 6.07) is 8.74. The van der Waals surface area contributed by atoms with Gasteiger partial charge in [-0.2, -0.15) is 5.10 Å². The number of carbonyl (C=O) groups excluding carboxylic acids is 2. The molecular weight excluding hydrogens is 512 g/mol. The van der Waals surface area contributed by atoms with Gasteiger partial charge in [0.2, 0.25) is 5.91 Å². The van der Waals surface area contributed by atoms with Crippen LogP contribution in [0.2, 0.25) is 5.02 Å². The maximum atomic E-state index is 12.1. The van der Waals surface area contributed by atoms with Crippen molar-refractivity contribution in [3.05, 3.63) is 64.1 Å². The van der Waals surface area contributed by atoms with E-state index in [1.54, 1.807) is 42.2 Å². The second-order valence-electron chi connectivity index (χ2n) is 8.20. The summed E-state index contributed by atoms with van der Waals surface area (Å²) in [6.45, 7) is 1.21. The molecule has 1 aromatic carbocycles. The molecule has 11 heteroatoms. The SMILES string of the molecule is CNC(=O)c1ccc(-n2nc(-c3ccc(C#CCO)nc3)c3c2-c2sc(NC(C)=O)nc2CC3)c(Cl)c1. The van der Waals surface area contributed by atoms with E-state index in [0.717, 1.165) is 33.1 Å². The van der Waals surface area contributed by atoms with E-state index in [1.165, 1.54) is 18.3 Å². The van der Waals surface area contributed by atoms with Crippen LogP contribution in [0, 0.1) is 11.8 Å². The van der Waals surface area contributed by atoms with Crippen LogP contribution in [0.15, 0.2) is 36.5 Å². The molecule has 3 N–H and O–H groups in total. The maximum absolute atomic E-state index is 12.1. The summed E-state index contributed by atoms with van der Waals surface area (Å²) in [7, 11) is 1.56. The standard InChI is InChI=1S/C26H21ClN6O3S/c1-14(35)30-26-31-20-9-8-18-22(16-5-7-17(29-13-16)4-3-11-34)32-33(23(18)24(20)37-26)21-10-6-15(12-19(21)27)25(36)28-2/h5-7,10,12-13,34H,8-9,11H2,1-2H3,(H,28,36)(H,30,31,35). The molecule has 1 aliphatic carbocycles. The van der Waals surface area contributed by atoms with E-state index in [4.69, 9.17) is 21.8 Å². The predicted octanol–water partition coefficient (Wildman–Crippen LogP) is 3.47. The number of rotatable bonds is 4. The van der Waals surface area contributed by atoms with Crippen LogP contribution in [-0.2, 0) is 17.6 Å². The second-order valence-corrected chi connectivity index (χ2v) is 9.61. The number of anilines is 1. The molecule has 0 aliphatic heterocycles. The molecule has 4 aromatic rings. The van der Waals surface area contributed by atoms with Gasteiger partial charge in [0.15, 0.2) is 5.13 Å². The number of aromatic nitrogens is 4. The highest BCUT2D eigenvalue weighted by molar-refractivity contribution is 7.19. The van der Waals surface area contributed by atoms with Crippen molar-refractivity contribution >= 4 is 39.9 Å². The van der Waals surface area contributed by atoms with E-state index >= 15 is 0 Å². The molecule has 3 aromatic heterocycles. The fourth-order valence-corrected chi connectivity index (χ4v) is 5.56. The molecule has 9 nitrogen and oxygen atoms in total. The lowest BCUT2D eigenvalue weighted by Crippen LogP contribution is -2.17.